The number of nitrogens with one attached hydrogen (secondary N) is 1. The molecule has 0 unspecified atom stereocenters. The Kier molecular flexibility index (Phi) is 5.50. The molecule has 0 amide bonds. The summed E-state index contributed by atoms with van der Waals surface area (Å²) in [5.74, 6) is 1.21. The predicted octanol–water partition coefficient (Wildman–Crippen LogP) is 3.13. The number of methoxy groups -OCH3 is 1. The van der Waals surface area contributed by atoms with E-state index in [2.05, 4.69) is 4.72 Å². The largest absolute Gasteiger partial charge is 0.497 e. The predicted molar refractivity (Wildman–Crippen MR) is 91.8 cm³/mol. The van der Waals surface area contributed by atoms with Gasteiger partial charge in [-0.1, -0.05) is 12.1 Å². The zero-order valence-corrected chi connectivity index (χ0v) is 14.3. The Hall–Kier alpha value is -2.21. The maximum Gasteiger partial charge on any atom is 0.236 e. The highest BCUT2D eigenvalue weighted by Crippen LogP contribution is 2.20. The van der Waals surface area contributed by atoms with Crippen LogP contribution in [-0.4, -0.2) is 27.9 Å². The van der Waals surface area contributed by atoms with E-state index in [1.807, 2.05) is 26.0 Å². The van der Waals surface area contributed by atoms with E-state index in [4.69, 9.17) is 9.47 Å². The van der Waals surface area contributed by atoms with Crippen molar-refractivity contribution in [2.45, 2.75) is 13.8 Å². The third kappa shape index (κ3) is 4.89. The van der Waals surface area contributed by atoms with Gasteiger partial charge < -0.3 is 9.47 Å². The number of hydrogen-bond acceptors (Lipinski definition) is 4. The lowest BCUT2D eigenvalue weighted by atomic mass is 10.1. The highest BCUT2D eigenvalue weighted by molar-refractivity contribution is 7.92. The van der Waals surface area contributed by atoms with Crippen LogP contribution in [0.2, 0.25) is 0 Å². The van der Waals surface area contributed by atoms with Gasteiger partial charge in [-0.2, -0.15) is 0 Å². The third-order valence-electron chi connectivity index (χ3n) is 3.55. The van der Waals surface area contributed by atoms with E-state index in [0.717, 1.165) is 16.9 Å². The lowest BCUT2D eigenvalue weighted by Crippen LogP contribution is -2.21. The molecule has 0 aromatic heterocycles. The van der Waals surface area contributed by atoms with Crippen LogP contribution in [0.5, 0.6) is 11.5 Å². The monoisotopic (exact) mass is 335 g/mol. The zero-order chi connectivity index (χ0) is 16.9. The minimum atomic E-state index is -3.46. The van der Waals surface area contributed by atoms with E-state index in [1.165, 1.54) is 0 Å². The van der Waals surface area contributed by atoms with Crippen molar-refractivity contribution in [2.24, 2.45) is 0 Å². The van der Waals surface area contributed by atoms with Crippen molar-refractivity contribution in [3.63, 3.8) is 0 Å². The van der Waals surface area contributed by atoms with Crippen molar-refractivity contribution in [2.75, 3.05) is 24.2 Å². The molecule has 1 N–H and O–H groups in total. The summed E-state index contributed by atoms with van der Waals surface area (Å²) >= 11 is 0. The number of rotatable bonds is 7. The van der Waals surface area contributed by atoms with Gasteiger partial charge in [-0.05, 0) is 55.3 Å². The van der Waals surface area contributed by atoms with Gasteiger partial charge in [0.1, 0.15) is 23.9 Å². The summed E-state index contributed by atoms with van der Waals surface area (Å²) in [6.07, 6.45) is 0. The van der Waals surface area contributed by atoms with E-state index in [1.54, 1.807) is 37.4 Å². The second-order valence-corrected chi connectivity index (χ2v) is 7.03. The average molecular weight is 335 g/mol. The molecule has 0 aliphatic rings. The van der Waals surface area contributed by atoms with Crippen LogP contribution in [0, 0.1) is 13.8 Å². The molecule has 0 spiro atoms. The van der Waals surface area contributed by atoms with Crippen molar-refractivity contribution in [1.29, 1.82) is 0 Å². The van der Waals surface area contributed by atoms with Gasteiger partial charge in [0.25, 0.3) is 0 Å². The number of benzene rings is 2. The lowest BCUT2D eigenvalue weighted by Gasteiger charge is -2.12. The minimum absolute atomic E-state index is 0.0759. The molecule has 2 aromatic rings. The molecule has 0 aliphatic heterocycles. The molecule has 5 nitrogen and oxygen atoms in total. The first kappa shape index (κ1) is 17.1. The first-order valence-electron chi connectivity index (χ1n) is 7.25. The molecule has 0 heterocycles. The smallest absolute Gasteiger partial charge is 0.236 e. The summed E-state index contributed by atoms with van der Waals surface area (Å²) in [6.45, 7) is 3.91. The summed E-state index contributed by atoms with van der Waals surface area (Å²) in [5, 5.41) is 0. The van der Waals surface area contributed by atoms with Gasteiger partial charge in [0.15, 0.2) is 0 Å². The minimum Gasteiger partial charge on any atom is -0.497 e. The molecular weight excluding hydrogens is 314 g/mol. The van der Waals surface area contributed by atoms with Crippen LogP contribution in [0.25, 0.3) is 0 Å². The van der Waals surface area contributed by atoms with E-state index in [-0.39, 0.29) is 12.4 Å². The third-order valence-corrected chi connectivity index (χ3v) is 4.79. The molecule has 2 aromatic carbocycles. The highest BCUT2D eigenvalue weighted by atomic mass is 32.2. The first-order valence-corrected chi connectivity index (χ1v) is 8.90. The van der Waals surface area contributed by atoms with Crippen LogP contribution in [0.3, 0.4) is 0 Å². The van der Waals surface area contributed by atoms with Crippen molar-refractivity contribution in [3.8, 4) is 11.5 Å². The normalized spacial score (nSPS) is 11.1. The molecular formula is C17H21NO4S. The highest BCUT2D eigenvalue weighted by Gasteiger charge is 2.12. The Morgan fingerprint density at radius 1 is 1.00 bits per heavy atom. The van der Waals surface area contributed by atoms with Crippen LogP contribution in [-0.2, 0) is 10.0 Å². The van der Waals surface area contributed by atoms with Crippen LogP contribution < -0.4 is 14.2 Å². The van der Waals surface area contributed by atoms with Crippen molar-refractivity contribution >= 4 is 15.7 Å². The van der Waals surface area contributed by atoms with Gasteiger partial charge in [0.2, 0.25) is 10.0 Å². The Balaban J connectivity index is 1.92. The standard InChI is InChI=1S/C17H21NO4S/c1-13-5-4-6-17(14(13)2)18-23(19,20)12-11-22-16-9-7-15(21-3)8-10-16/h4-10,18H,11-12H2,1-3H3. The SMILES string of the molecule is COc1ccc(OCCS(=O)(=O)Nc2cccc(C)c2C)cc1. The Labute approximate surface area is 137 Å². The van der Waals surface area contributed by atoms with Gasteiger partial charge in [-0.25, -0.2) is 8.42 Å². The van der Waals surface area contributed by atoms with E-state index >= 15 is 0 Å². The molecule has 0 radical (unpaired) electrons. The Morgan fingerprint density at radius 3 is 2.30 bits per heavy atom. The van der Waals surface area contributed by atoms with Gasteiger partial charge >= 0.3 is 0 Å². The Bertz CT molecular complexity index is 755. The molecule has 2 rings (SSSR count). The fraction of sp³-hybridized carbons (Fsp3) is 0.294. The number of ether oxygens (including phenoxy) is 2. The van der Waals surface area contributed by atoms with Crippen molar-refractivity contribution < 1.29 is 17.9 Å². The van der Waals surface area contributed by atoms with Crippen LogP contribution in [0.4, 0.5) is 5.69 Å². The fourth-order valence-corrected chi connectivity index (χ4v) is 2.98. The maximum atomic E-state index is 12.1. The van der Waals surface area contributed by atoms with E-state index < -0.39 is 10.0 Å². The van der Waals surface area contributed by atoms with Crippen molar-refractivity contribution in [3.05, 3.63) is 53.6 Å². The number of aryl methyl sites for hydroxylation is 1. The van der Waals surface area contributed by atoms with Crippen LogP contribution in [0.1, 0.15) is 11.1 Å². The van der Waals surface area contributed by atoms with Crippen LogP contribution in [0.15, 0.2) is 42.5 Å². The van der Waals surface area contributed by atoms with Gasteiger partial charge in [-0.15, -0.1) is 0 Å². The van der Waals surface area contributed by atoms with E-state index in [0.29, 0.717) is 11.4 Å². The van der Waals surface area contributed by atoms with Crippen molar-refractivity contribution in [1.82, 2.24) is 0 Å². The summed E-state index contributed by atoms with van der Waals surface area (Å²) in [7, 11) is -1.87. The summed E-state index contributed by atoms with van der Waals surface area (Å²) in [6, 6.07) is 12.5. The number of sulfonamides is 1. The van der Waals surface area contributed by atoms with E-state index in [9.17, 15) is 8.42 Å². The molecule has 0 bridgehead atoms. The molecule has 124 valence electrons. The van der Waals surface area contributed by atoms with Gasteiger partial charge in [-0.3, -0.25) is 4.72 Å². The fourth-order valence-electron chi connectivity index (χ4n) is 2.02. The first-order chi connectivity index (χ1) is 10.9. The Morgan fingerprint density at radius 2 is 1.65 bits per heavy atom. The van der Waals surface area contributed by atoms with Crippen LogP contribution >= 0.6 is 0 Å². The topological polar surface area (TPSA) is 64.6 Å². The van der Waals surface area contributed by atoms with Gasteiger partial charge in [0.05, 0.1) is 12.8 Å². The second kappa shape index (κ2) is 7.37. The lowest BCUT2D eigenvalue weighted by molar-refractivity contribution is 0.340. The quantitative estimate of drug-likeness (QED) is 0.844. The molecule has 0 fully saturated rings. The summed E-state index contributed by atoms with van der Waals surface area (Å²) in [4.78, 5) is 0. The maximum absolute atomic E-state index is 12.1. The molecule has 0 saturated heterocycles. The summed E-state index contributed by atoms with van der Waals surface area (Å²) < 4.78 is 37.4. The molecule has 23 heavy (non-hydrogen) atoms. The van der Waals surface area contributed by atoms with Gasteiger partial charge in [0, 0.05) is 0 Å². The zero-order valence-electron chi connectivity index (χ0n) is 13.5. The number of hydrogen-bond donors (Lipinski definition) is 1. The molecule has 6 heteroatoms. The summed E-state index contributed by atoms with van der Waals surface area (Å²) in [5.41, 5.74) is 2.57. The molecule has 0 aliphatic carbocycles. The molecule has 0 saturated carbocycles. The average Bonchev–Trinajstić information content (AvgIpc) is 2.52. The number of anilines is 1. The second-order valence-electron chi connectivity index (χ2n) is 5.19. The molecule has 0 atom stereocenters.